The highest BCUT2D eigenvalue weighted by Gasteiger charge is 2.32. The van der Waals surface area contributed by atoms with Crippen molar-refractivity contribution in [1.29, 1.82) is 5.41 Å². The summed E-state index contributed by atoms with van der Waals surface area (Å²) in [6.07, 6.45) is 2.39. The number of nitrogens with one attached hydrogen (secondary N) is 4. The predicted octanol–water partition coefficient (Wildman–Crippen LogP) is 3.84. The summed E-state index contributed by atoms with van der Waals surface area (Å²) in [4.78, 5) is 32.1. The number of hydrogen-bond acceptors (Lipinski definition) is 6. The molecule has 0 atom stereocenters. The monoisotopic (exact) mass is 581 g/mol. The van der Waals surface area contributed by atoms with Crippen molar-refractivity contribution in [2.45, 2.75) is 44.6 Å². The second kappa shape index (κ2) is 12.8. The molecule has 10 nitrogen and oxygen atoms in total. The first-order valence-electron chi connectivity index (χ1n) is 14.3. The first-order chi connectivity index (χ1) is 20.3. The fraction of sp³-hybridized carbons (Fsp3) is 0.467. The molecule has 42 heavy (non-hydrogen) atoms. The van der Waals surface area contributed by atoms with Gasteiger partial charge in [0.2, 0.25) is 0 Å². The number of nitrogens with zero attached hydrogens (tertiary/aromatic N) is 3. The average molecular weight is 582 g/mol. The average Bonchev–Trinajstić information content (AvgIpc) is 3.03. The molecule has 5 rings (SSSR count). The number of ether oxygens (including phenoxy) is 1. The molecule has 1 aromatic carbocycles. The number of halogens is 2. The molecule has 1 fully saturated rings. The zero-order chi connectivity index (χ0) is 29.8. The van der Waals surface area contributed by atoms with Crippen LogP contribution in [0.3, 0.4) is 0 Å². The van der Waals surface area contributed by atoms with Crippen LogP contribution in [-0.2, 0) is 11.2 Å². The van der Waals surface area contributed by atoms with Crippen molar-refractivity contribution in [3.8, 4) is 11.1 Å². The molecule has 1 saturated heterocycles. The smallest absolute Gasteiger partial charge is 0.317 e. The summed E-state index contributed by atoms with van der Waals surface area (Å²) in [5, 5.41) is 18.1. The number of rotatable bonds is 6. The Kier molecular flexibility index (Phi) is 9.00. The molecule has 0 spiro atoms. The summed E-state index contributed by atoms with van der Waals surface area (Å²) in [6.45, 7) is 2.61. The Morgan fingerprint density at radius 1 is 1.10 bits per heavy atom. The third-order valence-electron chi connectivity index (χ3n) is 8.14. The Hall–Kier alpha value is -4.06. The van der Waals surface area contributed by atoms with E-state index < -0.39 is 6.43 Å². The molecule has 0 aliphatic carbocycles. The van der Waals surface area contributed by atoms with Gasteiger partial charge >= 0.3 is 6.03 Å². The summed E-state index contributed by atoms with van der Waals surface area (Å²) in [6, 6.07) is 6.40. The molecule has 224 valence electrons. The van der Waals surface area contributed by atoms with Gasteiger partial charge in [0.05, 0.1) is 6.54 Å². The lowest BCUT2D eigenvalue weighted by Gasteiger charge is -2.38. The van der Waals surface area contributed by atoms with Crippen molar-refractivity contribution in [2.75, 3.05) is 51.8 Å². The summed E-state index contributed by atoms with van der Waals surface area (Å²) in [7, 11) is 3.09. The van der Waals surface area contributed by atoms with Gasteiger partial charge in [0.15, 0.2) is 0 Å². The number of alkyl halides is 2. The topological polar surface area (TPSA) is 123 Å². The van der Waals surface area contributed by atoms with Crippen LogP contribution in [0.5, 0.6) is 0 Å². The fourth-order valence-corrected chi connectivity index (χ4v) is 5.85. The van der Waals surface area contributed by atoms with E-state index in [0.29, 0.717) is 61.5 Å². The van der Waals surface area contributed by atoms with Crippen LogP contribution in [0, 0.1) is 5.41 Å². The molecule has 3 aliphatic heterocycles. The maximum atomic E-state index is 14.5. The summed E-state index contributed by atoms with van der Waals surface area (Å²) in [5.74, 6) is -0.142. The second-order valence-corrected chi connectivity index (χ2v) is 10.7. The normalized spacial score (nSPS) is 17.6. The second-order valence-electron chi connectivity index (χ2n) is 10.7. The highest BCUT2D eigenvalue weighted by atomic mass is 19.3. The van der Waals surface area contributed by atoms with E-state index in [1.54, 1.807) is 29.0 Å². The molecule has 4 heterocycles. The largest absolute Gasteiger partial charge is 0.385 e. The van der Waals surface area contributed by atoms with Gasteiger partial charge in [-0.3, -0.25) is 15.2 Å². The Morgan fingerprint density at radius 3 is 2.55 bits per heavy atom. The SMILES string of the molecule is CNC(=O)c1ccc(-c2cc3c(cc2C(F)F)N(C(=N)C2=C(NC4CCOCC4)CCN(C(=O)NC)C2)CCC3)cn1. The maximum Gasteiger partial charge on any atom is 0.317 e. The van der Waals surface area contributed by atoms with E-state index in [4.69, 9.17) is 4.74 Å². The number of carbonyl (C=O) groups is 2. The Labute approximate surface area is 244 Å². The molecule has 0 radical (unpaired) electrons. The van der Waals surface area contributed by atoms with E-state index in [1.807, 2.05) is 0 Å². The number of aromatic nitrogens is 1. The van der Waals surface area contributed by atoms with Gasteiger partial charge in [0.25, 0.3) is 12.3 Å². The molecule has 12 heteroatoms. The number of pyridine rings is 1. The Morgan fingerprint density at radius 2 is 1.88 bits per heavy atom. The molecule has 0 unspecified atom stereocenters. The van der Waals surface area contributed by atoms with Crippen molar-refractivity contribution >= 4 is 23.5 Å². The van der Waals surface area contributed by atoms with Crippen molar-refractivity contribution in [3.63, 3.8) is 0 Å². The minimum absolute atomic E-state index is 0.159. The quantitative estimate of drug-likeness (QED) is 0.304. The molecule has 3 amide bonds. The van der Waals surface area contributed by atoms with Crippen LogP contribution in [0.15, 0.2) is 41.7 Å². The van der Waals surface area contributed by atoms with Crippen LogP contribution in [0.1, 0.15) is 53.7 Å². The number of anilines is 1. The molecule has 2 aromatic rings. The van der Waals surface area contributed by atoms with Gasteiger partial charge in [-0.1, -0.05) is 6.07 Å². The number of aryl methyl sites for hydroxylation is 1. The van der Waals surface area contributed by atoms with Crippen molar-refractivity contribution < 1.29 is 23.1 Å². The molecule has 1 aromatic heterocycles. The zero-order valence-corrected chi connectivity index (χ0v) is 23.9. The molecular formula is C30H37F2N7O3. The van der Waals surface area contributed by atoms with Crippen LogP contribution in [0.2, 0.25) is 0 Å². The minimum atomic E-state index is -2.76. The maximum absolute atomic E-state index is 14.5. The lowest BCUT2D eigenvalue weighted by molar-refractivity contribution is 0.0798. The standard InChI is InChI=1S/C30H37F2N7O3/c1-34-29(40)25-6-5-19(16-36-25)21-14-18-4-3-10-39(26(18)15-22(21)27(31)32)28(33)23-17-38(30(41)35-2)11-7-24(23)37-20-8-12-42-13-9-20/h5-6,14-16,20,27,33,37H,3-4,7-13,17H2,1-2H3,(H,34,40)(H,35,41). The fourth-order valence-electron chi connectivity index (χ4n) is 5.85. The van der Waals surface area contributed by atoms with Gasteiger partial charge in [-0.25, -0.2) is 13.6 Å². The number of hydrogen-bond donors (Lipinski definition) is 4. The number of amides is 3. The van der Waals surface area contributed by atoms with Gasteiger partial charge in [-0.15, -0.1) is 0 Å². The van der Waals surface area contributed by atoms with Gasteiger partial charge in [-0.05, 0) is 55.0 Å². The third kappa shape index (κ3) is 6.08. The van der Waals surface area contributed by atoms with Crippen LogP contribution in [0.4, 0.5) is 19.3 Å². The van der Waals surface area contributed by atoms with E-state index >= 15 is 0 Å². The van der Waals surface area contributed by atoms with E-state index in [2.05, 4.69) is 20.9 Å². The first kappa shape index (κ1) is 29.4. The highest BCUT2D eigenvalue weighted by molar-refractivity contribution is 6.09. The third-order valence-corrected chi connectivity index (χ3v) is 8.14. The van der Waals surface area contributed by atoms with E-state index in [-0.39, 0.29) is 41.6 Å². The Bertz CT molecular complexity index is 1370. The summed E-state index contributed by atoms with van der Waals surface area (Å²) < 4.78 is 34.5. The van der Waals surface area contributed by atoms with Crippen LogP contribution >= 0.6 is 0 Å². The van der Waals surface area contributed by atoms with Crippen molar-refractivity contribution in [3.05, 3.63) is 58.6 Å². The summed E-state index contributed by atoms with van der Waals surface area (Å²) in [5.41, 5.74) is 3.95. The van der Waals surface area contributed by atoms with E-state index in [0.717, 1.165) is 30.5 Å². The lowest BCUT2D eigenvalue weighted by Crippen LogP contribution is -2.48. The van der Waals surface area contributed by atoms with Gasteiger partial charge in [-0.2, -0.15) is 0 Å². The number of benzene rings is 1. The van der Waals surface area contributed by atoms with E-state index in [9.17, 15) is 23.8 Å². The molecular weight excluding hydrogens is 544 g/mol. The van der Waals surface area contributed by atoms with Gasteiger partial charge in [0, 0.05) is 87.1 Å². The predicted molar refractivity (Wildman–Crippen MR) is 156 cm³/mol. The molecule has 0 bridgehead atoms. The van der Waals surface area contributed by atoms with Crippen LogP contribution < -0.4 is 20.9 Å². The summed E-state index contributed by atoms with van der Waals surface area (Å²) >= 11 is 0. The number of fused-ring (bicyclic) bond motifs is 1. The molecule has 0 saturated carbocycles. The minimum Gasteiger partial charge on any atom is -0.385 e. The molecule has 3 aliphatic rings. The van der Waals surface area contributed by atoms with Crippen molar-refractivity contribution in [1.82, 2.24) is 25.8 Å². The van der Waals surface area contributed by atoms with E-state index in [1.165, 1.54) is 25.4 Å². The zero-order valence-electron chi connectivity index (χ0n) is 23.9. The first-order valence-corrected chi connectivity index (χ1v) is 14.3. The molecule has 4 N–H and O–H groups in total. The van der Waals surface area contributed by atoms with Gasteiger partial charge < -0.3 is 30.5 Å². The van der Waals surface area contributed by atoms with Crippen LogP contribution in [-0.4, -0.2) is 80.6 Å². The Balaban J connectivity index is 1.50. The number of carbonyl (C=O) groups excluding carboxylic acids is 2. The van der Waals surface area contributed by atoms with Crippen LogP contribution in [0.25, 0.3) is 11.1 Å². The highest BCUT2D eigenvalue weighted by Crippen LogP contribution is 2.39. The van der Waals surface area contributed by atoms with Gasteiger partial charge in [0.1, 0.15) is 11.5 Å². The van der Waals surface area contributed by atoms with Crippen molar-refractivity contribution in [2.24, 2.45) is 0 Å². The number of amidine groups is 1. The lowest BCUT2D eigenvalue weighted by atomic mass is 9.91. The number of urea groups is 1.